The number of anilines is 2. The van der Waals surface area contributed by atoms with E-state index in [2.05, 4.69) is 99.9 Å². The van der Waals surface area contributed by atoms with Crippen LogP contribution in [0.25, 0.3) is 66.6 Å². The SMILES string of the molecule is CCC1=C(C)c2nc1cc1[nH]c(c(C)c1CC)c(-c1ccccc1NC(=O)CCCn1cc(C)c(=O)[nH]c1=O)c1[nH]c(cc3nc(c2-c2ccccc2N)C(C)=C3CC)c(CC)c1C. The summed E-state index contributed by atoms with van der Waals surface area (Å²) in [5.74, 6) is -0.178. The predicted octanol–water partition coefficient (Wildman–Crippen LogP) is 11.2. The number of carbonyl (C=O) groups is 1. The molecule has 0 radical (unpaired) electrons. The molecular formula is C53H58N8O3. The van der Waals surface area contributed by atoms with Crippen molar-refractivity contribution >= 4 is 61.6 Å². The van der Waals surface area contributed by atoms with E-state index in [1.165, 1.54) is 33.0 Å². The van der Waals surface area contributed by atoms with E-state index in [4.69, 9.17) is 15.7 Å². The van der Waals surface area contributed by atoms with E-state index in [1.807, 2.05) is 36.4 Å². The van der Waals surface area contributed by atoms with Crippen LogP contribution in [0.15, 0.2) is 76.4 Å². The number of rotatable bonds is 11. The zero-order chi connectivity index (χ0) is 45.6. The highest BCUT2D eigenvalue weighted by molar-refractivity contribution is 6.06. The Kier molecular flexibility index (Phi) is 12.0. The normalized spacial score (nSPS) is 12.7. The smallest absolute Gasteiger partial charge is 0.328 e. The van der Waals surface area contributed by atoms with Crippen molar-refractivity contribution in [3.05, 3.63) is 138 Å². The molecule has 0 spiro atoms. The Labute approximate surface area is 373 Å². The number of aromatic amines is 3. The lowest BCUT2D eigenvalue weighted by Crippen LogP contribution is -2.31. The van der Waals surface area contributed by atoms with Crippen molar-refractivity contribution in [2.24, 2.45) is 0 Å². The number of nitrogens with two attached hydrogens (primary N) is 1. The summed E-state index contributed by atoms with van der Waals surface area (Å²) in [4.78, 5) is 59.3. The average Bonchev–Trinajstić information content (AvgIpc) is 3.96. The van der Waals surface area contributed by atoms with Gasteiger partial charge in [-0.25, -0.2) is 14.8 Å². The second kappa shape index (κ2) is 17.6. The van der Waals surface area contributed by atoms with Crippen LogP contribution in [0, 0.1) is 20.8 Å². The number of nitrogens with zero attached hydrogens (tertiary/aromatic N) is 3. The molecule has 11 nitrogen and oxygen atoms in total. The third-order valence-electron chi connectivity index (χ3n) is 13.2. The summed E-state index contributed by atoms with van der Waals surface area (Å²) in [5, 5.41) is 3.23. The monoisotopic (exact) mass is 854 g/mol. The standard InChI is InChI=1S/C53H58N8O3/c1-10-33-29(6)48-46(37-19-14-16-21-39(37)54)49-30(7)34(11-2)42(57-49)26-44-36(13-4)32(9)51(59-44)47(50-31(8)35(12-3)43(58-50)25-41(33)56-48)38-20-15-17-22-40(38)55-45(62)23-18-24-61-27-28(5)52(63)60-53(61)64/h14-17,19-22,25-27,58-59H,10-13,18,23-24,54H2,1-9H3,(H,55,62)(H,60,63,64). The van der Waals surface area contributed by atoms with Crippen molar-refractivity contribution in [3.63, 3.8) is 0 Å². The number of aryl methyl sites for hydroxylation is 6. The van der Waals surface area contributed by atoms with Crippen molar-refractivity contribution < 1.29 is 4.79 Å². The van der Waals surface area contributed by atoms with Crippen LogP contribution in [0.3, 0.4) is 0 Å². The number of benzene rings is 2. The molecule has 4 aromatic heterocycles. The summed E-state index contributed by atoms with van der Waals surface area (Å²) in [5.41, 5.74) is 28.0. The number of nitrogens with one attached hydrogen (secondary N) is 4. The molecule has 8 rings (SSSR count). The van der Waals surface area contributed by atoms with Gasteiger partial charge in [0.05, 0.1) is 33.8 Å². The minimum atomic E-state index is -0.488. The molecule has 6 aromatic rings. The van der Waals surface area contributed by atoms with E-state index in [0.29, 0.717) is 29.9 Å². The van der Waals surface area contributed by atoms with Gasteiger partial charge in [0.15, 0.2) is 0 Å². The first-order valence-electron chi connectivity index (χ1n) is 22.5. The Bertz CT molecular complexity index is 3120. The van der Waals surface area contributed by atoms with Crippen LogP contribution in [0.1, 0.15) is 118 Å². The molecule has 0 unspecified atom stereocenters. The van der Waals surface area contributed by atoms with Crippen molar-refractivity contribution in [2.45, 2.75) is 107 Å². The predicted molar refractivity (Wildman–Crippen MR) is 264 cm³/mol. The maximum atomic E-state index is 13.8. The zero-order valence-corrected chi connectivity index (χ0v) is 38.4. The minimum Gasteiger partial charge on any atom is -0.398 e. The van der Waals surface area contributed by atoms with Crippen molar-refractivity contribution in [1.29, 1.82) is 0 Å². The first-order valence-corrected chi connectivity index (χ1v) is 22.5. The Hall–Kier alpha value is -7.01. The van der Waals surface area contributed by atoms with Gasteiger partial charge in [-0.1, -0.05) is 64.1 Å². The molecule has 328 valence electrons. The molecule has 0 fully saturated rings. The lowest BCUT2D eigenvalue weighted by atomic mass is 9.92. The molecule has 2 aromatic carbocycles. The van der Waals surface area contributed by atoms with Gasteiger partial charge >= 0.3 is 5.69 Å². The highest BCUT2D eigenvalue weighted by Gasteiger charge is 2.28. The first-order chi connectivity index (χ1) is 30.8. The third-order valence-corrected chi connectivity index (χ3v) is 13.2. The number of para-hydroxylation sites is 2. The molecule has 0 saturated carbocycles. The minimum absolute atomic E-state index is 0.174. The van der Waals surface area contributed by atoms with Crippen LogP contribution < -0.4 is 22.3 Å². The second-order valence-electron chi connectivity index (χ2n) is 16.9. The Balaban J connectivity index is 1.42. The maximum Gasteiger partial charge on any atom is 0.328 e. The number of aromatic nitrogens is 6. The van der Waals surface area contributed by atoms with Crippen LogP contribution in [-0.2, 0) is 24.2 Å². The molecule has 0 atom stereocenters. The van der Waals surface area contributed by atoms with Crippen LogP contribution in [0.2, 0.25) is 0 Å². The summed E-state index contributed by atoms with van der Waals surface area (Å²) < 4.78 is 1.44. The van der Waals surface area contributed by atoms with Crippen LogP contribution >= 0.6 is 0 Å². The summed E-state index contributed by atoms with van der Waals surface area (Å²) in [6, 6.07) is 20.4. The third kappa shape index (κ3) is 7.62. The molecule has 0 saturated heterocycles. The van der Waals surface area contributed by atoms with Gasteiger partial charge in [0, 0.05) is 69.4 Å². The van der Waals surface area contributed by atoms with Crippen LogP contribution in [-0.4, -0.2) is 35.4 Å². The number of allylic oxidation sites excluding steroid dienone is 4. The first kappa shape index (κ1) is 43.6. The quantitative estimate of drug-likeness (QED) is 0.0813. The molecule has 8 bridgehead atoms. The summed E-state index contributed by atoms with van der Waals surface area (Å²) in [6.45, 7) is 19.4. The summed E-state index contributed by atoms with van der Waals surface area (Å²) in [7, 11) is 0. The number of hydrogen-bond acceptors (Lipinski definition) is 6. The van der Waals surface area contributed by atoms with Gasteiger partial charge in [0.1, 0.15) is 0 Å². The molecule has 6 N–H and O–H groups in total. The number of hydrogen-bond donors (Lipinski definition) is 5. The molecule has 64 heavy (non-hydrogen) atoms. The topological polar surface area (TPSA) is 167 Å². The van der Waals surface area contributed by atoms with Crippen LogP contribution in [0.5, 0.6) is 0 Å². The molecule has 6 heterocycles. The van der Waals surface area contributed by atoms with E-state index >= 15 is 0 Å². The lowest BCUT2D eigenvalue weighted by molar-refractivity contribution is -0.116. The highest BCUT2D eigenvalue weighted by Crippen LogP contribution is 2.45. The van der Waals surface area contributed by atoms with Gasteiger partial charge < -0.3 is 25.6 Å². The van der Waals surface area contributed by atoms with E-state index in [1.54, 1.807) is 6.92 Å². The van der Waals surface area contributed by atoms with Crippen molar-refractivity contribution in [2.75, 3.05) is 11.1 Å². The van der Waals surface area contributed by atoms with Crippen molar-refractivity contribution in [1.82, 2.24) is 29.5 Å². The fourth-order valence-electron chi connectivity index (χ4n) is 9.78. The summed E-state index contributed by atoms with van der Waals surface area (Å²) >= 11 is 0. The number of nitrogen functional groups attached to an aromatic ring is 1. The number of H-pyrrole nitrogens is 3. The largest absolute Gasteiger partial charge is 0.398 e. The Morgan fingerprint density at radius 2 is 1.22 bits per heavy atom. The van der Waals surface area contributed by atoms with Gasteiger partial charge in [-0.15, -0.1) is 0 Å². The molecule has 2 aliphatic heterocycles. The number of amides is 1. The van der Waals surface area contributed by atoms with E-state index in [-0.39, 0.29) is 12.3 Å². The fraction of sp³-hybridized carbons (Fsp3) is 0.302. The van der Waals surface area contributed by atoms with E-state index in [9.17, 15) is 14.4 Å². The van der Waals surface area contributed by atoms with Gasteiger partial charge in [0.2, 0.25) is 5.91 Å². The summed E-state index contributed by atoms with van der Waals surface area (Å²) in [6.07, 6.45) is 5.27. The van der Waals surface area contributed by atoms with E-state index in [0.717, 1.165) is 115 Å². The second-order valence-corrected chi connectivity index (χ2v) is 16.9. The molecule has 11 heteroatoms. The van der Waals surface area contributed by atoms with E-state index < -0.39 is 11.2 Å². The Morgan fingerprint density at radius 1 is 0.688 bits per heavy atom. The lowest BCUT2D eigenvalue weighted by Gasteiger charge is -2.13. The number of fused-ring (bicyclic) bond motifs is 8. The Morgan fingerprint density at radius 3 is 1.75 bits per heavy atom. The fourth-order valence-corrected chi connectivity index (χ4v) is 9.78. The van der Waals surface area contributed by atoms with Gasteiger partial charge in [-0.3, -0.25) is 14.6 Å². The molecule has 1 amide bonds. The van der Waals surface area contributed by atoms with Gasteiger partial charge in [-0.2, -0.15) is 0 Å². The van der Waals surface area contributed by atoms with Crippen molar-refractivity contribution in [3.8, 4) is 22.3 Å². The maximum absolute atomic E-state index is 13.8. The molecule has 2 aliphatic rings. The van der Waals surface area contributed by atoms with Gasteiger partial charge in [-0.05, 0) is 136 Å². The van der Waals surface area contributed by atoms with Gasteiger partial charge in [0.25, 0.3) is 5.56 Å². The van der Waals surface area contributed by atoms with Crippen LogP contribution in [0.4, 0.5) is 11.4 Å². The number of carbonyl (C=O) groups excluding carboxylic acids is 1. The average molecular weight is 855 g/mol. The molecule has 0 aliphatic carbocycles. The zero-order valence-electron chi connectivity index (χ0n) is 38.4. The molecular weight excluding hydrogens is 797 g/mol. The highest BCUT2D eigenvalue weighted by atomic mass is 16.2.